The average Bonchev–Trinajstić information content (AvgIpc) is 2.37. The lowest BCUT2D eigenvalue weighted by atomic mass is 10.2. The molecular weight excluding hydrogens is 302 g/mol. The molecule has 8 heteroatoms. The second kappa shape index (κ2) is 7.06. The Hall–Kier alpha value is -1.86. The number of hydrogen-bond acceptors (Lipinski definition) is 4. The van der Waals surface area contributed by atoms with Crippen LogP contribution in [0.3, 0.4) is 0 Å². The first-order chi connectivity index (χ1) is 9.35. The molecule has 3 amide bonds. The van der Waals surface area contributed by atoms with Crippen LogP contribution in [0.2, 0.25) is 5.02 Å². The zero-order valence-corrected chi connectivity index (χ0v) is 12.5. The number of nitrogens with two attached hydrogens (primary N) is 1. The van der Waals surface area contributed by atoms with Gasteiger partial charge in [-0.15, -0.1) is 0 Å². The monoisotopic (exact) mass is 315 g/mol. The second-order valence-electron chi connectivity index (χ2n) is 3.83. The molecule has 0 aromatic heterocycles. The summed E-state index contributed by atoms with van der Waals surface area (Å²) in [6, 6.07) is 4.08. The van der Waals surface area contributed by atoms with Crippen molar-refractivity contribution in [1.29, 1.82) is 0 Å². The molecule has 0 aliphatic rings. The Labute approximate surface area is 126 Å². The maximum Gasteiger partial charge on any atom is 0.321 e. The van der Waals surface area contributed by atoms with Crippen LogP contribution in [0.1, 0.15) is 12.5 Å². The molecule has 1 aromatic carbocycles. The van der Waals surface area contributed by atoms with Crippen LogP contribution in [0.25, 0.3) is 0 Å². The molecule has 0 saturated heterocycles. The molecule has 0 aliphatic carbocycles. The summed E-state index contributed by atoms with van der Waals surface area (Å²) in [6.07, 6.45) is -0.862. The lowest BCUT2D eigenvalue weighted by Crippen LogP contribution is -2.43. The molecule has 0 radical (unpaired) electrons. The predicted octanol–water partition coefficient (Wildman–Crippen LogP) is 1.20. The van der Waals surface area contributed by atoms with Crippen molar-refractivity contribution < 1.29 is 14.3 Å². The molecule has 1 rings (SSSR count). The highest BCUT2D eigenvalue weighted by Crippen LogP contribution is 2.23. The van der Waals surface area contributed by atoms with Crippen molar-refractivity contribution in [3.8, 4) is 5.75 Å². The fraction of sp³-hybridized carbons (Fsp3) is 0.250. The van der Waals surface area contributed by atoms with Gasteiger partial charge in [0.25, 0.3) is 5.91 Å². The van der Waals surface area contributed by atoms with Crippen LogP contribution in [0, 0.1) is 0 Å². The van der Waals surface area contributed by atoms with E-state index in [0.29, 0.717) is 16.3 Å². The van der Waals surface area contributed by atoms with Gasteiger partial charge in [-0.1, -0.05) is 23.8 Å². The minimum Gasteiger partial charge on any atom is -0.481 e. The summed E-state index contributed by atoms with van der Waals surface area (Å²) < 4.78 is 5.38. The van der Waals surface area contributed by atoms with Crippen LogP contribution >= 0.6 is 23.8 Å². The fourth-order valence-corrected chi connectivity index (χ4v) is 1.81. The van der Waals surface area contributed by atoms with E-state index in [1.54, 1.807) is 12.1 Å². The van der Waals surface area contributed by atoms with Crippen molar-refractivity contribution in [1.82, 2.24) is 10.6 Å². The van der Waals surface area contributed by atoms with Crippen LogP contribution in [-0.4, -0.2) is 30.1 Å². The van der Waals surface area contributed by atoms with Gasteiger partial charge in [0, 0.05) is 12.6 Å². The normalized spacial score (nSPS) is 11.3. The molecule has 1 unspecified atom stereocenters. The summed E-state index contributed by atoms with van der Waals surface area (Å²) in [4.78, 5) is 22.8. The number of carbonyl (C=O) groups excluding carboxylic acids is 2. The summed E-state index contributed by atoms with van der Waals surface area (Å²) in [5.41, 5.74) is 6.01. The van der Waals surface area contributed by atoms with E-state index in [1.807, 2.05) is 0 Å². The van der Waals surface area contributed by atoms with Crippen molar-refractivity contribution in [3.63, 3.8) is 0 Å². The number of carbonyl (C=O) groups is 2. The van der Waals surface area contributed by atoms with Crippen LogP contribution in [0.5, 0.6) is 5.75 Å². The number of imide groups is 1. The smallest absolute Gasteiger partial charge is 0.321 e. The summed E-state index contributed by atoms with van der Waals surface area (Å²) in [6.45, 7) is 1.51. The van der Waals surface area contributed by atoms with E-state index >= 15 is 0 Å². The zero-order valence-electron chi connectivity index (χ0n) is 10.9. The van der Waals surface area contributed by atoms with Crippen molar-refractivity contribution in [2.24, 2.45) is 5.73 Å². The summed E-state index contributed by atoms with van der Waals surface area (Å²) in [5.74, 6) is -0.201. The largest absolute Gasteiger partial charge is 0.481 e. The molecule has 108 valence electrons. The summed E-state index contributed by atoms with van der Waals surface area (Å²) in [5, 5.41) is 4.70. The first kappa shape index (κ1) is 16.2. The standard InChI is InChI=1S/C12H14ClN3O3S/c1-6(11(17)16-12(18)15-2)19-7-3-4-8(10(14)20)9(13)5-7/h3-6H,1-2H3,(H2,14,20)(H2,15,16,17,18). The average molecular weight is 316 g/mol. The predicted molar refractivity (Wildman–Crippen MR) is 80.0 cm³/mol. The van der Waals surface area contributed by atoms with Gasteiger partial charge in [-0.3, -0.25) is 10.1 Å². The molecule has 0 spiro atoms. The summed E-state index contributed by atoms with van der Waals surface area (Å²) >= 11 is 10.8. The minimum atomic E-state index is -0.862. The molecule has 0 bridgehead atoms. The van der Waals surface area contributed by atoms with Crippen LogP contribution < -0.4 is 21.1 Å². The summed E-state index contributed by atoms with van der Waals surface area (Å²) in [7, 11) is 1.41. The van der Waals surface area contributed by atoms with Gasteiger partial charge in [0.2, 0.25) is 0 Å². The Bertz CT molecular complexity index is 551. The number of amides is 3. The van der Waals surface area contributed by atoms with E-state index < -0.39 is 18.0 Å². The Balaban J connectivity index is 2.73. The molecule has 4 N–H and O–H groups in total. The number of halogens is 1. The lowest BCUT2D eigenvalue weighted by Gasteiger charge is -2.14. The topological polar surface area (TPSA) is 93.5 Å². The van der Waals surface area contributed by atoms with Crippen molar-refractivity contribution >= 4 is 40.7 Å². The number of urea groups is 1. The number of benzene rings is 1. The lowest BCUT2D eigenvalue weighted by molar-refractivity contribution is -0.126. The molecule has 0 fully saturated rings. The molecule has 6 nitrogen and oxygen atoms in total. The van der Waals surface area contributed by atoms with Gasteiger partial charge in [-0.2, -0.15) is 0 Å². The molecule has 0 heterocycles. The van der Waals surface area contributed by atoms with E-state index in [4.69, 9.17) is 34.3 Å². The van der Waals surface area contributed by atoms with E-state index in [9.17, 15) is 9.59 Å². The van der Waals surface area contributed by atoms with E-state index in [1.165, 1.54) is 20.0 Å². The fourth-order valence-electron chi connectivity index (χ4n) is 1.30. The number of nitrogens with one attached hydrogen (secondary N) is 2. The highest BCUT2D eigenvalue weighted by Gasteiger charge is 2.17. The SMILES string of the molecule is CNC(=O)NC(=O)C(C)Oc1ccc(C(N)=S)c(Cl)c1. The molecule has 1 atom stereocenters. The van der Waals surface area contributed by atoms with Crippen molar-refractivity contribution in [2.45, 2.75) is 13.0 Å². The van der Waals surface area contributed by atoms with Crippen molar-refractivity contribution in [3.05, 3.63) is 28.8 Å². The van der Waals surface area contributed by atoms with Gasteiger partial charge in [-0.05, 0) is 25.1 Å². The van der Waals surface area contributed by atoms with Crippen LogP contribution in [-0.2, 0) is 4.79 Å². The van der Waals surface area contributed by atoms with Crippen LogP contribution in [0.15, 0.2) is 18.2 Å². The number of rotatable bonds is 4. The minimum absolute atomic E-state index is 0.173. The Morgan fingerprint density at radius 2 is 2.10 bits per heavy atom. The van der Waals surface area contributed by atoms with Gasteiger partial charge in [-0.25, -0.2) is 4.79 Å². The van der Waals surface area contributed by atoms with Crippen molar-refractivity contribution in [2.75, 3.05) is 7.05 Å². The van der Waals surface area contributed by atoms with Gasteiger partial charge in [0.1, 0.15) is 10.7 Å². The maximum atomic E-state index is 11.6. The molecular formula is C12H14ClN3O3S. The Morgan fingerprint density at radius 1 is 1.45 bits per heavy atom. The van der Waals surface area contributed by atoms with E-state index in [2.05, 4.69) is 10.6 Å². The van der Waals surface area contributed by atoms with Crippen LogP contribution in [0.4, 0.5) is 4.79 Å². The van der Waals surface area contributed by atoms with Gasteiger partial charge in [0.05, 0.1) is 5.02 Å². The second-order valence-corrected chi connectivity index (χ2v) is 4.68. The number of ether oxygens (including phenoxy) is 1. The molecule has 0 aliphatic heterocycles. The Kier molecular flexibility index (Phi) is 5.72. The molecule has 1 aromatic rings. The first-order valence-electron chi connectivity index (χ1n) is 5.63. The third kappa shape index (κ3) is 4.36. The maximum absolute atomic E-state index is 11.6. The number of thiocarbonyl (C=S) groups is 1. The quantitative estimate of drug-likeness (QED) is 0.726. The third-order valence-electron chi connectivity index (χ3n) is 2.35. The van der Waals surface area contributed by atoms with Gasteiger partial charge in [0.15, 0.2) is 6.10 Å². The first-order valence-corrected chi connectivity index (χ1v) is 6.42. The Morgan fingerprint density at radius 3 is 2.60 bits per heavy atom. The van der Waals surface area contributed by atoms with Gasteiger partial charge >= 0.3 is 6.03 Å². The zero-order chi connectivity index (χ0) is 15.3. The van der Waals surface area contributed by atoms with Gasteiger partial charge < -0.3 is 15.8 Å². The van der Waals surface area contributed by atoms with E-state index in [-0.39, 0.29) is 4.99 Å². The van der Waals surface area contributed by atoms with E-state index in [0.717, 1.165) is 0 Å². The third-order valence-corrected chi connectivity index (χ3v) is 2.88. The molecule has 0 saturated carbocycles. The highest BCUT2D eigenvalue weighted by atomic mass is 35.5. The molecule has 20 heavy (non-hydrogen) atoms. The number of hydrogen-bond donors (Lipinski definition) is 3. The highest BCUT2D eigenvalue weighted by molar-refractivity contribution is 7.80.